The number of rotatable bonds is 4. The second kappa shape index (κ2) is 7.23. The number of hydrogen-bond acceptors (Lipinski definition) is 3. The predicted molar refractivity (Wildman–Crippen MR) is 97.2 cm³/mol. The molecule has 2 N–H and O–H groups in total. The Balaban J connectivity index is 1.77. The summed E-state index contributed by atoms with van der Waals surface area (Å²) in [6.07, 6.45) is 1.43. The first-order valence-corrected chi connectivity index (χ1v) is 7.93. The highest BCUT2D eigenvalue weighted by atomic mass is 35.5. The molecule has 3 aromatic rings. The molecule has 0 spiro atoms. The standard InChI is InChI=1S/C19H15ClN2O3/c1-12-4-5-13(18(23)21-15-8-6-14(20)7-9-15)11-16(12)22-19(24)17-3-2-10-25-17/h2-11H,1H3,(H,21,23)(H,22,24). The van der Waals surface area contributed by atoms with Gasteiger partial charge in [-0.15, -0.1) is 0 Å². The number of nitrogens with one attached hydrogen (secondary N) is 2. The van der Waals surface area contributed by atoms with Crippen molar-refractivity contribution in [3.63, 3.8) is 0 Å². The molecule has 0 saturated heterocycles. The van der Waals surface area contributed by atoms with Crippen LogP contribution in [0.2, 0.25) is 5.02 Å². The number of benzene rings is 2. The fraction of sp³-hybridized carbons (Fsp3) is 0.0526. The van der Waals surface area contributed by atoms with Gasteiger partial charge >= 0.3 is 0 Å². The molecule has 0 fully saturated rings. The molecule has 3 rings (SSSR count). The minimum atomic E-state index is -0.372. The van der Waals surface area contributed by atoms with E-state index in [2.05, 4.69) is 10.6 Å². The summed E-state index contributed by atoms with van der Waals surface area (Å²) < 4.78 is 5.07. The number of carbonyl (C=O) groups is 2. The van der Waals surface area contributed by atoms with Crippen LogP contribution in [0.1, 0.15) is 26.5 Å². The zero-order valence-corrected chi connectivity index (χ0v) is 14.1. The van der Waals surface area contributed by atoms with Gasteiger partial charge in [0.15, 0.2) is 5.76 Å². The van der Waals surface area contributed by atoms with Gasteiger partial charge in [-0.1, -0.05) is 17.7 Å². The maximum atomic E-state index is 12.4. The highest BCUT2D eigenvalue weighted by Gasteiger charge is 2.13. The quantitative estimate of drug-likeness (QED) is 0.710. The average molecular weight is 355 g/mol. The molecule has 0 radical (unpaired) electrons. The number of carbonyl (C=O) groups excluding carboxylic acids is 2. The number of furan rings is 1. The number of hydrogen-bond donors (Lipinski definition) is 2. The van der Waals surface area contributed by atoms with Crippen molar-refractivity contribution in [3.05, 3.63) is 82.8 Å². The Morgan fingerprint density at radius 1 is 0.960 bits per heavy atom. The Hall–Kier alpha value is -3.05. The summed E-state index contributed by atoms with van der Waals surface area (Å²) in [5, 5.41) is 6.13. The summed E-state index contributed by atoms with van der Waals surface area (Å²) in [5.41, 5.74) is 2.44. The lowest BCUT2D eigenvalue weighted by Gasteiger charge is -2.10. The lowest BCUT2D eigenvalue weighted by molar-refractivity contribution is 0.0993. The monoisotopic (exact) mass is 354 g/mol. The summed E-state index contributed by atoms with van der Waals surface area (Å²) in [6, 6.07) is 15.1. The van der Waals surface area contributed by atoms with E-state index in [-0.39, 0.29) is 17.6 Å². The minimum absolute atomic E-state index is 0.204. The van der Waals surface area contributed by atoms with Gasteiger partial charge in [0.2, 0.25) is 0 Å². The second-order valence-electron chi connectivity index (χ2n) is 5.42. The molecule has 0 aliphatic rings. The van der Waals surface area contributed by atoms with Crippen LogP contribution >= 0.6 is 11.6 Å². The van der Waals surface area contributed by atoms with E-state index < -0.39 is 0 Å². The molecule has 0 saturated carbocycles. The molecule has 1 aromatic heterocycles. The van der Waals surface area contributed by atoms with Gasteiger partial charge < -0.3 is 15.1 Å². The van der Waals surface area contributed by atoms with E-state index in [1.165, 1.54) is 6.26 Å². The molecule has 0 unspecified atom stereocenters. The molecule has 0 aliphatic carbocycles. The van der Waals surface area contributed by atoms with Gasteiger partial charge in [0.05, 0.1) is 6.26 Å². The molecule has 1 heterocycles. The predicted octanol–water partition coefficient (Wildman–Crippen LogP) is 4.75. The van der Waals surface area contributed by atoms with Crippen LogP contribution < -0.4 is 10.6 Å². The zero-order chi connectivity index (χ0) is 17.8. The number of aryl methyl sites for hydroxylation is 1. The fourth-order valence-electron chi connectivity index (χ4n) is 2.23. The highest BCUT2D eigenvalue weighted by molar-refractivity contribution is 6.30. The Labute approximate surface area is 149 Å². The zero-order valence-electron chi connectivity index (χ0n) is 13.4. The third-order valence-electron chi connectivity index (χ3n) is 3.60. The first-order valence-electron chi connectivity index (χ1n) is 7.55. The van der Waals surface area contributed by atoms with Crippen LogP contribution in [0, 0.1) is 6.92 Å². The largest absolute Gasteiger partial charge is 0.459 e. The molecule has 126 valence electrons. The van der Waals surface area contributed by atoms with Gasteiger partial charge in [-0.05, 0) is 61.0 Å². The van der Waals surface area contributed by atoms with Crippen molar-refractivity contribution in [2.24, 2.45) is 0 Å². The van der Waals surface area contributed by atoms with Crippen molar-refractivity contribution in [2.45, 2.75) is 6.92 Å². The van der Waals surface area contributed by atoms with E-state index in [0.29, 0.717) is 22.0 Å². The van der Waals surface area contributed by atoms with Crippen LogP contribution in [0.25, 0.3) is 0 Å². The molecular formula is C19H15ClN2O3. The van der Waals surface area contributed by atoms with Crippen LogP contribution in [0.3, 0.4) is 0 Å². The third-order valence-corrected chi connectivity index (χ3v) is 3.85. The van der Waals surface area contributed by atoms with Gasteiger partial charge in [0, 0.05) is 22.0 Å². The van der Waals surface area contributed by atoms with Crippen molar-refractivity contribution in [1.82, 2.24) is 0 Å². The first kappa shape index (κ1) is 16.8. The van der Waals surface area contributed by atoms with E-state index in [0.717, 1.165) is 5.56 Å². The molecule has 25 heavy (non-hydrogen) atoms. The van der Waals surface area contributed by atoms with Crippen LogP contribution in [-0.4, -0.2) is 11.8 Å². The lowest BCUT2D eigenvalue weighted by Crippen LogP contribution is -2.15. The summed E-state index contributed by atoms with van der Waals surface area (Å²) in [6.45, 7) is 1.85. The molecule has 2 aromatic carbocycles. The Kier molecular flexibility index (Phi) is 4.86. The molecule has 0 atom stereocenters. The van der Waals surface area contributed by atoms with Gasteiger partial charge in [-0.25, -0.2) is 0 Å². The van der Waals surface area contributed by atoms with E-state index >= 15 is 0 Å². The second-order valence-corrected chi connectivity index (χ2v) is 5.86. The summed E-state index contributed by atoms with van der Waals surface area (Å²) in [7, 11) is 0. The molecule has 6 heteroatoms. The number of anilines is 2. The van der Waals surface area contributed by atoms with E-state index in [4.69, 9.17) is 16.0 Å². The Morgan fingerprint density at radius 2 is 1.72 bits per heavy atom. The van der Waals surface area contributed by atoms with Crippen LogP contribution in [-0.2, 0) is 0 Å². The SMILES string of the molecule is Cc1ccc(C(=O)Nc2ccc(Cl)cc2)cc1NC(=O)c1ccco1. The smallest absolute Gasteiger partial charge is 0.291 e. The number of amides is 2. The van der Waals surface area contributed by atoms with Crippen molar-refractivity contribution in [2.75, 3.05) is 10.6 Å². The van der Waals surface area contributed by atoms with Crippen molar-refractivity contribution < 1.29 is 14.0 Å². The van der Waals surface area contributed by atoms with Crippen LogP contribution in [0.5, 0.6) is 0 Å². The van der Waals surface area contributed by atoms with Crippen LogP contribution in [0.4, 0.5) is 11.4 Å². The van der Waals surface area contributed by atoms with Gasteiger partial charge in [0.25, 0.3) is 11.8 Å². The van der Waals surface area contributed by atoms with Crippen molar-refractivity contribution in [3.8, 4) is 0 Å². The van der Waals surface area contributed by atoms with Crippen LogP contribution in [0.15, 0.2) is 65.3 Å². The topological polar surface area (TPSA) is 71.3 Å². The molecular weight excluding hydrogens is 340 g/mol. The summed E-state index contributed by atoms with van der Waals surface area (Å²) in [4.78, 5) is 24.5. The van der Waals surface area contributed by atoms with Gasteiger partial charge in [-0.3, -0.25) is 9.59 Å². The lowest BCUT2D eigenvalue weighted by atomic mass is 10.1. The number of halogens is 1. The highest BCUT2D eigenvalue weighted by Crippen LogP contribution is 2.20. The normalized spacial score (nSPS) is 10.3. The molecule has 2 amide bonds. The summed E-state index contributed by atoms with van der Waals surface area (Å²) in [5.74, 6) is -0.449. The van der Waals surface area contributed by atoms with E-state index in [9.17, 15) is 9.59 Å². The first-order chi connectivity index (χ1) is 12.0. The van der Waals surface area contributed by atoms with E-state index in [1.807, 2.05) is 6.92 Å². The fourth-order valence-corrected chi connectivity index (χ4v) is 2.35. The van der Waals surface area contributed by atoms with Gasteiger partial charge in [0.1, 0.15) is 0 Å². The van der Waals surface area contributed by atoms with Gasteiger partial charge in [-0.2, -0.15) is 0 Å². The van der Waals surface area contributed by atoms with Crippen molar-refractivity contribution in [1.29, 1.82) is 0 Å². The summed E-state index contributed by atoms with van der Waals surface area (Å²) >= 11 is 5.83. The molecule has 0 aliphatic heterocycles. The van der Waals surface area contributed by atoms with Crippen molar-refractivity contribution >= 4 is 34.8 Å². The maximum absolute atomic E-state index is 12.4. The Bertz CT molecular complexity index is 903. The maximum Gasteiger partial charge on any atom is 0.291 e. The molecule has 5 nitrogen and oxygen atoms in total. The minimum Gasteiger partial charge on any atom is -0.459 e. The molecule has 0 bridgehead atoms. The average Bonchev–Trinajstić information content (AvgIpc) is 3.13. The Morgan fingerprint density at radius 3 is 2.40 bits per heavy atom. The third kappa shape index (κ3) is 4.08. The van der Waals surface area contributed by atoms with E-state index in [1.54, 1.807) is 54.6 Å².